The predicted molar refractivity (Wildman–Crippen MR) is 82.5 cm³/mol. The van der Waals surface area contributed by atoms with Crippen LogP contribution in [0.3, 0.4) is 0 Å². The van der Waals surface area contributed by atoms with Crippen LogP contribution in [0.4, 0.5) is 5.82 Å². The maximum atomic E-state index is 5.35. The van der Waals surface area contributed by atoms with Crippen LogP contribution in [-0.4, -0.2) is 16.5 Å². The molecule has 20 heavy (non-hydrogen) atoms. The molecule has 0 radical (unpaired) electrons. The third-order valence-corrected chi connectivity index (χ3v) is 4.15. The second-order valence-corrected chi connectivity index (χ2v) is 6.00. The van der Waals surface area contributed by atoms with Crippen molar-refractivity contribution < 1.29 is 4.42 Å². The SMILES string of the molecule is CCCNc1ncnc(Sc2ccoc2C)c1C(C)C. The van der Waals surface area contributed by atoms with Gasteiger partial charge in [-0.05, 0) is 25.3 Å². The molecule has 0 bridgehead atoms. The molecule has 0 amide bonds. The first-order valence-corrected chi connectivity index (χ1v) is 7.75. The topological polar surface area (TPSA) is 51.0 Å². The number of anilines is 1. The van der Waals surface area contributed by atoms with E-state index in [9.17, 15) is 0 Å². The van der Waals surface area contributed by atoms with Gasteiger partial charge in [-0.15, -0.1) is 0 Å². The van der Waals surface area contributed by atoms with Crippen molar-refractivity contribution in [3.63, 3.8) is 0 Å². The average molecular weight is 291 g/mol. The molecule has 0 aliphatic carbocycles. The lowest BCUT2D eigenvalue weighted by Gasteiger charge is -2.16. The van der Waals surface area contributed by atoms with E-state index in [1.165, 1.54) is 5.56 Å². The Labute approximate surface area is 124 Å². The molecule has 0 aliphatic heterocycles. The minimum Gasteiger partial charge on any atom is -0.468 e. The van der Waals surface area contributed by atoms with Crippen molar-refractivity contribution in [2.45, 2.75) is 50.0 Å². The van der Waals surface area contributed by atoms with Crippen LogP contribution in [0.5, 0.6) is 0 Å². The van der Waals surface area contributed by atoms with Gasteiger partial charge in [0.25, 0.3) is 0 Å². The summed E-state index contributed by atoms with van der Waals surface area (Å²) in [5.41, 5.74) is 1.17. The maximum absolute atomic E-state index is 5.35. The van der Waals surface area contributed by atoms with Gasteiger partial charge < -0.3 is 9.73 Å². The van der Waals surface area contributed by atoms with Crippen molar-refractivity contribution in [1.29, 1.82) is 0 Å². The maximum Gasteiger partial charge on any atom is 0.134 e. The molecule has 108 valence electrons. The largest absolute Gasteiger partial charge is 0.468 e. The van der Waals surface area contributed by atoms with Crippen molar-refractivity contribution in [2.75, 3.05) is 11.9 Å². The van der Waals surface area contributed by atoms with E-state index in [2.05, 4.69) is 36.1 Å². The lowest BCUT2D eigenvalue weighted by atomic mass is 10.1. The first-order valence-electron chi connectivity index (χ1n) is 6.94. The number of aromatic nitrogens is 2. The van der Waals surface area contributed by atoms with E-state index in [1.54, 1.807) is 24.4 Å². The zero-order chi connectivity index (χ0) is 14.5. The number of furan rings is 1. The van der Waals surface area contributed by atoms with Crippen LogP contribution < -0.4 is 5.32 Å². The highest BCUT2D eigenvalue weighted by atomic mass is 32.2. The van der Waals surface area contributed by atoms with Crippen molar-refractivity contribution in [1.82, 2.24) is 9.97 Å². The molecule has 2 rings (SSSR count). The minimum absolute atomic E-state index is 0.366. The van der Waals surface area contributed by atoms with Gasteiger partial charge in [-0.25, -0.2) is 9.97 Å². The summed E-state index contributed by atoms with van der Waals surface area (Å²) >= 11 is 1.64. The van der Waals surface area contributed by atoms with Crippen molar-refractivity contribution in [2.24, 2.45) is 0 Å². The summed E-state index contributed by atoms with van der Waals surface area (Å²) in [6.45, 7) is 9.37. The first kappa shape index (κ1) is 14.9. The molecule has 5 heteroatoms. The fourth-order valence-electron chi connectivity index (χ4n) is 1.95. The Bertz CT molecular complexity index is 566. The molecule has 0 aromatic carbocycles. The Balaban J connectivity index is 2.34. The van der Waals surface area contributed by atoms with Crippen molar-refractivity contribution in [3.8, 4) is 0 Å². The van der Waals surface area contributed by atoms with E-state index in [1.807, 2.05) is 13.0 Å². The minimum atomic E-state index is 0.366. The average Bonchev–Trinajstić information content (AvgIpc) is 2.81. The van der Waals surface area contributed by atoms with Gasteiger partial charge in [0.15, 0.2) is 0 Å². The molecule has 2 aromatic rings. The zero-order valence-corrected chi connectivity index (χ0v) is 13.3. The fourth-order valence-corrected chi connectivity index (χ4v) is 3.01. The second kappa shape index (κ2) is 6.79. The quantitative estimate of drug-likeness (QED) is 0.795. The summed E-state index contributed by atoms with van der Waals surface area (Å²) in [6, 6.07) is 1.98. The molecule has 0 unspecified atom stereocenters. The second-order valence-electron chi connectivity index (χ2n) is 4.97. The van der Waals surface area contributed by atoms with Gasteiger partial charge in [-0.3, -0.25) is 0 Å². The number of hydrogen-bond acceptors (Lipinski definition) is 5. The Morgan fingerprint density at radius 3 is 2.75 bits per heavy atom. The molecule has 0 spiro atoms. The standard InChI is InChI=1S/C15H21N3OS/c1-5-7-16-14-13(10(2)3)15(18-9-17-14)20-12-6-8-19-11(12)4/h6,8-10H,5,7H2,1-4H3,(H,16,17,18). The van der Waals surface area contributed by atoms with Crippen LogP contribution >= 0.6 is 11.8 Å². The Morgan fingerprint density at radius 2 is 2.15 bits per heavy atom. The van der Waals surface area contributed by atoms with Gasteiger partial charge in [0, 0.05) is 12.1 Å². The van der Waals surface area contributed by atoms with E-state index >= 15 is 0 Å². The highest BCUT2D eigenvalue weighted by Crippen LogP contribution is 2.36. The summed E-state index contributed by atoms with van der Waals surface area (Å²) in [7, 11) is 0. The monoisotopic (exact) mass is 291 g/mol. The molecule has 0 saturated carbocycles. The summed E-state index contributed by atoms with van der Waals surface area (Å²) < 4.78 is 5.35. The van der Waals surface area contributed by atoms with E-state index in [-0.39, 0.29) is 0 Å². The Hall–Kier alpha value is -1.49. The van der Waals surface area contributed by atoms with Gasteiger partial charge in [-0.2, -0.15) is 0 Å². The summed E-state index contributed by atoms with van der Waals surface area (Å²) in [5.74, 6) is 2.23. The molecule has 2 aromatic heterocycles. The molecule has 1 N–H and O–H groups in total. The van der Waals surface area contributed by atoms with Gasteiger partial charge in [0.2, 0.25) is 0 Å². The normalized spacial score (nSPS) is 11.1. The third kappa shape index (κ3) is 3.33. The predicted octanol–water partition coefficient (Wildman–Crippen LogP) is 4.47. The summed E-state index contributed by atoms with van der Waals surface area (Å²) in [5, 5.41) is 4.39. The van der Waals surface area contributed by atoms with Gasteiger partial charge in [-0.1, -0.05) is 32.5 Å². The molecule has 0 fully saturated rings. The van der Waals surface area contributed by atoms with Crippen LogP contribution in [0.15, 0.2) is 33.0 Å². The van der Waals surface area contributed by atoms with E-state index < -0.39 is 0 Å². The van der Waals surface area contributed by atoms with Gasteiger partial charge in [0.1, 0.15) is 22.9 Å². The van der Waals surface area contributed by atoms with Crippen molar-refractivity contribution in [3.05, 3.63) is 30.0 Å². The Kier molecular flexibility index (Phi) is 5.06. The molecule has 4 nitrogen and oxygen atoms in total. The van der Waals surface area contributed by atoms with E-state index in [4.69, 9.17) is 4.42 Å². The lowest BCUT2D eigenvalue weighted by molar-refractivity contribution is 0.527. The molecule has 0 saturated heterocycles. The Morgan fingerprint density at radius 1 is 1.35 bits per heavy atom. The molecule has 0 aliphatic rings. The number of aryl methyl sites for hydroxylation is 1. The molecule has 2 heterocycles. The number of nitrogens with zero attached hydrogens (tertiary/aromatic N) is 2. The molecular weight excluding hydrogens is 270 g/mol. The summed E-state index contributed by atoms with van der Waals surface area (Å²) in [6.07, 6.45) is 4.41. The van der Waals surface area contributed by atoms with Crippen LogP contribution in [0.25, 0.3) is 0 Å². The smallest absolute Gasteiger partial charge is 0.134 e. The first-order chi connectivity index (χ1) is 9.63. The summed E-state index contributed by atoms with van der Waals surface area (Å²) in [4.78, 5) is 9.95. The van der Waals surface area contributed by atoms with E-state index in [0.29, 0.717) is 5.92 Å². The van der Waals surface area contributed by atoms with Crippen LogP contribution in [0.1, 0.15) is 44.4 Å². The number of hydrogen-bond donors (Lipinski definition) is 1. The highest BCUT2D eigenvalue weighted by molar-refractivity contribution is 7.99. The third-order valence-electron chi connectivity index (χ3n) is 2.99. The number of rotatable bonds is 6. The molecular formula is C15H21N3OS. The van der Waals surface area contributed by atoms with Crippen molar-refractivity contribution >= 4 is 17.6 Å². The van der Waals surface area contributed by atoms with Crippen LogP contribution in [-0.2, 0) is 0 Å². The highest BCUT2D eigenvalue weighted by Gasteiger charge is 2.17. The fraction of sp³-hybridized carbons (Fsp3) is 0.467. The van der Waals surface area contributed by atoms with Gasteiger partial charge >= 0.3 is 0 Å². The van der Waals surface area contributed by atoms with Gasteiger partial charge in [0.05, 0.1) is 11.2 Å². The van der Waals surface area contributed by atoms with E-state index in [0.717, 1.165) is 34.5 Å². The molecule has 0 atom stereocenters. The van der Waals surface area contributed by atoms with Crippen LogP contribution in [0.2, 0.25) is 0 Å². The number of nitrogens with one attached hydrogen (secondary N) is 1. The van der Waals surface area contributed by atoms with Crippen LogP contribution in [0, 0.1) is 6.92 Å². The lowest BCUT2D eigenvalue weighted by Crippen LogP contribution is -2.08. The zero-order valence-electron chi connectivity index (χ0n) is 12.4.